The highest BCUT2D eigenvalue weighted by atomic mass is 16.7. The van der Waals surface area contributed by atoms with Gasteiger partial charge in [0.1, 0.15) is 5.82 Å². The number of amides is 1. The van der Waals surface area contributed by atoms with Crippen molar-refractivity contribution in [3.8, 4) is 11.5 Å². The third kappa shape index (κ3) is 3.98. The molecule has 0 radical (unpaired) electrons. The minimum atomic E-state index is -0.298. The zero-order valence-corrected chi connectivity index (χ0v) is 14.7. The largest absolute Gasteiger partial charge is 0.454 e. The van der Waals surface area contributed by atoms with E-state index in [0.29, 0.717) is 12.4 Å². The summed E-state index contributed by atoms with van der Waals surface area (Å²) >= 11 is 0. The van der Waals surface area contributed by atoms with Gasteiger partial charge in [-0.15, -0.1) is 10.2 Å². The zero-order chi connectivity index (χ0) is 18.6. The fraction of sp³-hybridized carbons (Fsp3) is 0.150. The maximum Gasteiger partial charge on any atom is 0.276 e. The van der Waals surface area contributed by atoms with E-state index in [-0.39, 0.29) is 18.4 Å². The van der Waals surface area contributed by atoms with Crippen LogP contribution in [-0.2, 0) is 6.54 Å². The van der Waals surface area contributed by atoms with Crippen LogP contribution < -0.4 is 20.1 Å². The number of anilines is 2. The summed E-state index contributed by atoms with van der Waals surface area (Å²) < 4.78 is 10.7. The summed E-state index contributed by atoms with van der Waals surface area (Å²) in [5.41, 5.74) is 3.13. The summed E-state index contributed by atoms with van der Waals surface area (Å²) in [5.74, 6) is 1.78. The van der Waals surface area contributed by atoms with Gasteiger partial charge in [0, 0.05) is 12.2 Å². The summed E-state index contributed by atoms with van der Waals surface area (Å²) in [6, 6.07) is 16.7. The first-order chi connectivity index (χ1) is 13.2. The molecule has 0 spiro atoms. The lowest BCUT2D eigenvalue weighted by Gasteiger charge is -2.07. The van der Waals surface area contributed by atoms with Crippen molar-refractivity contribution in [2.45, 2.75) is 13.5 Å². The molecule has 0 unspecified atom stereocenters. The molecule has 27 heavy (non-hydrogen) atoms. The van der Waals surface area contributed by atoms with E-state index in [0.717, 1.165) is 28.3 Å². The maximum atomic E-state index is 12.2. The van der Waals surface area contributed by atoms with Gasteiger partial charge in [-0.3, -0.25) is 4.79 Å². The SMILES string of the molecule is Cc1ccc(NC(=O)c2ccc(NCc3ccc4c(c3)OCO4)nn2)cc1. The van der Waals surface area contributed by atoms with Crippen LogP contribution in [0.2, 0.25) is 0 Å². The van der Waals surface area contributed by atoms with E-state index >= 15 is 0 Å². The van der Waals surface area contributed by atoms with Gasteiger partial charge in [0.25, 0.3) is 5.91 Å². The number of fused-ring (bicyclic) bond motifs is 1. The predicted octanol–water partition coefficient (Wildman–Crippen LogP) is 3.38. The average molecular weight is 362 g/mol. The van der Waals surface area contributed by atoms with Gasteiger partial charge in [-0.05, 0) is 48.9 Å². The molecule has 0 fully saturated rings. The molecule has 2 N–H and O–H groups in total. The molecule has 136 valence electrons. The van der Waals surface area contributed by atoms with Crippen molar-refractivity contribution in [3.05, 3.63) is 71.4 Å². The number of rotatable bonds is 5. The van der Waals surface area contributed by atoms with E-state index in [9.17, 15) is 4.79 Å². The molecular weight excluding hydrogens is 344 g/mol. The monoisotopic (exact) mass is 362 g/mol. The molecule has 1 aliphatic rings. The number of carbonyl (C=O) groups is 1. The van der Waals surface area contributed by atoms with Crippen molar-refractivity contribution in [2.75, 3.05) is 17.4 Å². The average Bonchev–Trinajstić information content (AvgIpc) is 3.16. The van der Waals surface area contributed by atoms with E-state index in [1.807, 2.05) is 49.4 Å². The molecule has 7 nitrogen and oxygen atoms in total. The summed E-state index contributed by atoms with van der Waals surface area (Å²) in [7, 11) is 0. The molecule has 2 aromatic carbocycles. The highest BCUT2D eigenvalue weighted by Crippen LogP contribution is 2.32. The van der Waals surface area contributed by atoms with Crippen LogP contribution in [0, 0.1) is 6.92 Å². The predicted molar refractivity (Wildman–Crippen MR) is 101 cm³/mol. The Morgan fingerprint density at radius 3 is 2.59 bits per heavy atom. The molecule has 0 saturated carbocycles. The third-order valence-electron chi connectivity index (χ3n) is 4.12. The number of nitrogens with zero attached hydrogens (tertiary/aromatic N) is 2. The summed E-state index contributed by atoms with van der Waals surface area (Å²) in [5, 5.41) is 14.0. The van der Waals surface area contributed by atoms with Gasteiger partial charge >= 0.3 is 0 Å². The maximum absolute atomic E-state index is 12.2. The van der Waals surface area contributed by atoms with Gasteiger partial charge in [-0.25, -0.2) is 0 Å². The van der Waals surface area contributed by atoms with Gasteiger partial charge in [0.15, 0.2) is 17.2 Å². The Bertz CT molecular complexity index is 956. The van der Waals surface area contributed by atoms with Gasteiger partial charge in [0.2, 0.25) is 6.79 Å². The van der Waals surface area contributed by atoms with Crippen LogP contribution >= 0.6 is 0 Å². The van der Waals surface area contributed by atoms with Gasteiger partial charge in [-0.2, -0.15) is 0 Å². The second kappa shape index (κ2) is 7.33. The lowest BCUT2D eigenvalue weighted by molar-refractivity contribution is 0.102. The van der Waals surface area contributed by atoms with E-state index in [1.54, 1.807) is 12.1 Å². The molecule has 0 aliphatic carbocycles. The van der Waals surface area contributed by atoms with E-state index in [2.05, 4.69) is 20.8 Å². The van der Waals surface area contributed by atoms with Crippen molar-refractivity contribution < 1.29 is 14.3 Å². The van der Waals surface area contributed by atoms with Gasteiger partial charge in [-0.1, -0.05) is 23.8 Å². The van der Waals surface area contributed by atoms with E-state index < -0.39 is 0 Å². The second-order valence-electron chi connectivity index (χ2n) is 6.17. The van der Waals surface area contributed by atoms with Crippen LogP contribution in [0.3, 0.4) is 0 Å². The first-order valence-electron chi connectivity index (χ1n) is 8.51. The van der Waals surface area contributed by atoms with Crippen LogP contribution in [0.15, 0.2) is 54.6 Å². The number of aryl methyl sites for hydroxylation is 1. The number of nitrogens with one attached hydrogen (secondary N) is 2. The Hall–Kier alpha value is -3.61. The Morgan fingerprint density at radius 2 is 1.81 bits per heavy atom. The minimum absolute atomic E-state index is 0.254. The van der Waals surface area contributed by atoms with E-state index in [4.69, 9.17) is 9.47 Å². The molecule has 0 atom stereocenters. The van der Waals surface area contributed by atoms with Crippen LogP contribution in [0.4, 0.5) is 11.5 Å². The Morgan fingerprint density at radius 1 is 1.00 bits per heavy atom. The van der Waals surface area contributed by atoms with Crippen molar-refractivity contribution in [2.24, 2.45) is 0 Å². The first kappa shape index (κ1) is 16.8. The Kier molecular flexibility index (Phi) is 4.57. The topological polar surface area (TPSA) is 85.4 Å². The van der Waals surface area contributed by atoms with Gasteiger partial charge in [0.05, 0.1) is 0 Å². The van der Waals surface area contributed by atoms with Crippen LogP contribution in [-0.4, -0.2) is 22.9 Å². The Balaban J connectivity index is 1.35. The molecule has 1 aliphatic heterocycles. The summed E-state index contributed by atoms with van der Waals surface area (Å²) in [6.07, 6.45) is 0. The molecule has 4 rings (SSSR count). The second-order valence-corrected chi connectivity index (χ2v) is 6.17. The van der Waals surface area contributed by atoms with Crippen molar-refractivity contribution in [1.29, 1.82) is 0 Å². The fourth-order valence-corrected chi connectivity index (χ4v) is 2.62. The molecule has 0 saturated heterocycles. The highest BCUT2D eigenvalue weighted by Gasteiger charge is 2.13. The number of hydrogen-bond donors (Lipinski definition) is 2. The third-order valence-corrected chi connectivity index (χ3v) is 4.12. The lowest BCUT2D eigenvalue weighted by Crippen LogP contribution is -2.14. The lowest BCUT2D eigenvalue weighted by atomic mass is 10.2. The van der Waals surface area contributed by atoms with Crippen LogP contribution in [0.1, 0.15) is 21.6 Å². The highest BCUT2D eigenvalue weighted by molar-refractivity contribution is 6.02. The smallest absolute Gasteiger partial charge is 0.276 e. The standard InChI is InChI=1S/C20H18N4O3/c1-13-2-5-15(6-3-13)22-20(25)16-7-9-19(24-23-16)21-11-14-4-8-17-18(10-14)27-12-26-17/h2-10H,11-12H2,1H3,(H,21,24)(H,22,25). The van der Waals surface area contributed by atoms with E-state index in [1.165, 1.54) is 0 Å². The number of hydrogen-bond acceptors (Lipinski definition) is 6. The van der Waals surface area contributed by atoms with Crippen molar-refractivity contribution >= 4 is 17.4 Å². The number of aromatic nitrogens is 2. The number of carbonyl (C=O) groups excluding carboxylic acids is 1. The normalized spacial score (nSPS) is 11.9. The Labute approximate surface area is 156 Å². The minimum Gasteiger partial charge on any atom is -0.454 e. The number of ether oxygens (including phenoxy) is 2. The molecule has 7 heteroatoms. The quantitative estimate of drug-likeness (QED) is 0.724. The fourth-order valence-electron chi connectivity index (χ4n) is 2.62. The molecule has 2 heterocycles. The molecular formula is C20H18N4O3. The van der Waals surface area contributed by atoms with Crippen LogP contribution in [0.5, 0.6) is 11.5 Å². The first-order valence-corrected chi connectivity index (χ1v) is 8.51. The number of benzene rings is 2. The van der Waals surface area contributed by atoms with Crippen LogP contribution in [0.25, 0.3) is 0 Å². The molecule has 1 aromatic heterocycles. The summed E-state index contributed by atoms with van der Waals surface area (Å²) in [4.78, 5) is 12.2. The summed E-state index contributed by atoms with van der Waals surface area (Å²) in [6.45, 7) is 2.80. The van der Waals surface area contributed by atoms with Crippen molar-refractivity contribution in [3.63, 3.8) is 0 Å². The molecule has 3 aromatic rings. The molecule has 1 amide bonds. The van der Waals surface area contributed by atoms with Crippen molar-refractivity contribution in [1.82, 2.24) is 10.2 Å². The van der Waals surface area contributed by atoms with Gasteiger partial charge < -0.3 is 20.1 Å². The molecule has 0 bridgehead atoms. The zero-order valence-electron chi connectivity index (χ0n) is 14.7.